The fourth-order valence-corrected chi connectivity index (χ4v) is 5.82. The number of aromatic nitrogens is 5. The third-order valence-corrected chi connectivity index (χ3v) is 8.42. The minimum Gasteiger partial charge on any atom is -0.457 e. The summed E-state index contributed by atoms with van der Waals surface area (Å²) in [5, 5.41) is 14.6. The van der Waals surface area contributed by atoms with E-state index in [-0.39, 0.29) is 16.9 Å². The maximum Gasteiger partial charge on any atom is 0.324 e. The monoisotopic (exact) mass is 668 g/mol. The Morgan fingerprint density at radius 1 is 0.960 bits per heavy atom. The van der Waals surface area contributed by atoms with Gasteiger partial charge in [0.05, 0.1) is 29.0 Å². The molecule has 0 spiro atoms. The number of anilines is 2. The van der Waals surface area contributed by atoms with Gasteiger partial charge in [0.25, 0.3) is 0 Å². The van der Waals surface area contributed by atoms with Crippen LogP contribution in [-0.4, -0.2) is 42.8 Å². The molecule has 0 atom stereocenters. The molecule has 0 radical (unpaired) electrons. The predicted molar refractivity (Wildman–Crippen MR) is 193 cm³/mol. The minimum atomic E-state index is -0.647. The fraction of sp³-hybridized carbons (Fsp3) is 0.205. The first-order valence-corrected chi connectivity index (χ1v) is 16.4. The molecule has 3 aromatic carbocycles. The SMILES string of the molecule is Cn1cc(-c2cc(Oc3ccc(NC(=O)Nc4cc(C(C)(C)C)nn4-c4ccc5c(c4)CCN=C5Cc4ccccc4)c(F)c3)ccn2)cn1. The van der Waals surface area contributed by atoms with Crippen molar-refractivity contribution in [2.24, 2.45) is 12.0 Å². The van der Waals surface area contributed by atoms with Gasteiger partial charge >= 0.3 is 6.03 Å². The maximum atomic E-state index is 15.3. The van der Waals surface area contributed by atoms with E-state index in [1.54, 1.807) is 40.0 Å². The lowest BCUT2D eigenvalue weighted by Crippen LogP contribution is -2.22. The highest BCUT2D eigenvalue weighted by Gasteiger charge is 2.23. The summed E-state index contributed by atoms with van der Waals surface area (Å²) >= 11 is 0. The van der Waals surface area contributed by atoms with E-state index in [1.807, 2.05) is 43.6 Å². The van der Waals surface area contributed by atoms with Gasteiger partial charge in [-0.2, -0.15) is 10.2 Å². The van der Waals surface area contributed by atoms with E-state index in [1.165, 1.54) is 23.3 Å². The zero-order chi connectivity index (χ0) is 34.8. The number of halogens is 1. The smallest absolute Gasteiger partial charge is 0.324 e. The lowest BCUT2D eigenvalue weighted by molar-refractivity contribution is 0.262. The molecule has 6 aromatic rings. The lowest BCUT2D eigenvalue weighted by atomic mass is 9.92. The van der Waals surface area contributed by atoms with Crippen molar-refractivity contribution in [3.05, 3.63) is 132 Å². The summed E-state index contributed by atoms with van der Waals surface area (Å²) in [6.45, 7) is 6.90. The number of carbonyl (C=O) groups excluding carboxylic acids is 1. The van der Waals surface area contributed by atoms with Gasteiger partial charge < -0.3 is 10.1 Å². The fourth-order valence-electron chi connectivity index (χ4n) is 5.82. The molecule has 7 rings (SSSR count). The summed E-state index contributed by atoms with van der Waals surface area (Å²) in [4.78, 5) is 22.5. The number of hydrogen-bond acceptors (Lipinski definition) is 6. The Kier molecular flexibility index (Phi) is 8.71. The normalized spacial score (nSPS) is 12.6. The van der Waals surface area contributed by atoms with Crippen LogP contribution in [0.4, 0.5) is 20.7 Å². The number of nitrogens with zero attached hydrogens (tertiary/aromatic N) is 6. The highest BCUT2D eigenvalue weighted by molar-refractivity contribution is 6.04. The van der Waals surface area contributed by atoms with Gasteiger partial charge in [-0.3, -0.25) is 20.0 Å². The summed E-state index contributed by atoms with van der Waals surface area (Å²) in [5.74, 6) is 0.574. The number of urea groups is 1. The Morgan fingerprint density at radius 3 is 2.54 bits per heavy atom. The quantitative estimate of drug-likeness (QED) is 0.170. The maximum absolute atomic E-state index is 15.3. The number of carbonyl (C=O) groups is 1. The van der Waals surface area contributed by atoms with Gasteiger partial charge in [-0.25, -0.2) is 13.9 Å². The molecule has 11 heteroatoms. The summed E-state index contributed by atoms with van der Waals surface area (Å²) < 4.78 is 24.6. The summed E-state index contributed by atoms with van der Waals surface area (Å²) in [5.41, 5.74) is 7.42. The van der Waals surface area contributed by atoms with Crippen LogP contribution in [0.3, 0.4) is 0 Å². The Hall–Kier alpha value is -6.10. The van der Waals surface area contributed by atoms with E-state index >= 15 is 4.39 Å². The lowest BCUT2D eigenvalue weighted by Gasteiger charge is -2.19. The van der Waals surface area contributed by atoms with Gasteiger partial charge in [-0.05, 0) is 53.4 Å². The highest BCUT2D eigenvalue weighted by Crippen LogP contribution is 2.30. The standard InChI is InChI=1S/C39H37FN8O2/c1-39(2,3)36-22-37(48(46-36)28-10-12-31-26(19-28)14-16-42-35(31)18-25-8-6-5-7-9-25)45-38(49)44-33-13-11-29(20-32(33)40)50-30-15-17-41-34(21-30)27-23-43-47(4)24-27/h5-13,15,17,19-24H,14,16,18H2,1-4H3,(H2,44,45,49). The average Bonchev–Trinajstić information content (AvgIpc) is 3.73. The molecule has 0 unspecified atom stereocenters. The zero-order valence-corrected chi connectivity index (χ0v) is 28.3. The second-order valence-corrected chi connectivity index (χ2v) is 13.3. The molecule has 1 aliphatic heterocycles. The van der Waals surface area contributed by atoms with Crippen LogP contribution >= 0.6 is 0 Å². The van der Waals surface area contributed by atoms with E-state index in [0.717, 1.165) is 41.1 Å². The highest BCUT2D eigenvalue weighted by atomic mass is 19.1. The summed E-state index contributed by atoms with van der Waals surface area (Å²) in [6.07, 6.45) is 6.74. The predicted octanol–water partition coefficient (Wildman–Crippen LogP) is 8.13. The van der Waals surface area contributed by atoms with Crippen LogP contribution in [0.2, 0.25) is 0 Å². The van der Waals surface area contributed by atoms with Crippen LogP contribution in [0.15, 0.2) is 109 Å². The third kappa shape index (κ3) is 7.17. The van der Waals surface area contributed by atoms with Crippen molar-refractivity contribution < 1.29 is 13.9 Å². The molecule has 50 heavy (non-hydrogen) atoms. The zero-order valence-electron chi connectivity index (χ0n) is 28.3. The van der Waals surface area contributed by atoms with Gasteiger partial charge in [0, 0.05) is 67.3 Å². The Morgan fingerprint density at radius 2 is 1.78 bits per heavy atom. The van der Waals surface area contributed by atoms with Crippen LogP contribution in [0.25, 0.3) is 16.9 Å². The first-order chi connectivity index (χ1) is 24.1. The van der Waals surface area contributed by atoms with Crippen molar-refractivity contribution in [1.82, 2.24) is 24.5 Å². The largest absolute Gasteiger partial charge is 0.457 e. The van der Waals surface area contributed by atoms with Crippen molar-refractivity contribution in [1.29, 1.82) is 0 Å². The molecule has 2 N–H and O–H groups in total. The average molecular weight is 669 g/mol. The number of hydrogen-bond donors (Lipinski definition) is 2. The third-order valence-electron chi connectivity index (χ3n) is 8.42. The molecule has 4 heterocycles. The molecule has 0 bridgehead atoms. The molecule has 0 saturated heterocycles. The van der Waals surface area contributed by atoms with Gasteiger partial charge in [0.15, 0.2) is 0 Å². The minimum absolute atomic E-state index is 0.00162. The van der Waals surface area contributed by atoms with Crippen LogP contribution in [0.5, 0.6) is 11.5 Å². The topological polar surface area (TPSA) is 111 Å². The van der Waals surface area contributed by atoms with E-state index in [2.05, 4.69) is 65.8 Å². The van der Waals surface area contributed by atoms with Crippen LogP contribution in [0, 0.1) is 5.82 Å². The molecular formula is C39H37FN8O2. The first-order valence-electron chi connectivity index (χ1n) is 16.4. The van der Waals surface area contributed by atoms with Gasteiger partial charge in [-0.15, -0.1) is 0 Å². The number of amides is 2. The van der Waals surface area contributed by atoms with Crippen molar-refractivity contribution in [2.45, 2.75) is 39.0 Å². The first kappa shape index (κ1) is 32.4. The molecular weight excluding hydrogens is 631 g/mol. The number of rotatable bonds is 8. The van der Waals surface area contributed by atoms with Gasteiger partial charge in [0.2, 0.25) is 0 Å². The number of nitrogens with one attached hydrogen (secondary N) is 2. The molecule has 1 aliphatic rings. The van der Waals surface area contributed by atoms with Gasteiger partial charge in [-0.1, -0.05) is 57.2 Å². The number of fused-ring (bicyclic) bond motifs is 1. The van der Waals surface area contributed by atoms with E-state index in [0.29, 0.717) is 23.8 Å². The summed E-state index contributed by atoms with van der Waals surface area (Å²) in [6, 6.07) is 25.5. The number of pyridine rings is 1. The van der Waals surface area contributed by atoms with Crippen LogP contribution < -0.4 is 15.4 Å². The van der Waals surface area contributed by atoms with Crippen LogP contribution in [-0.2, 0) is 25.3 Å². The second kappa shape index (κ2) is 13.4. The Labute approximate surface area is 289 Å². The number of aliphatic imine (C=N–C) groups is 1. The van der Waals surface area contributed by atoms with E-state index in [9.17, 15) is 4.79 Å². The molecule has 3 aromatic heterocycles. The van der Waals surface area contributed by atoms with Crippen LogP contribution in [0.1, 0.15) is 43.2 Å². The van der Waals surface area contributed by atoms with E-state index in [4.69, 9.17) is 14.8 Å². The molecule has 252 valence electrons. The van der Waals surface area contributed by atoms with Gasteiger partial charge in [0.1, 0.15) is 23.1 Å². The second-order valence-electron chi connectivity index (χ2n) is 13.3. The van der Waals surface area contributed by atoms with Crippen molar-refractivity contribution >= 4 is 23.2 Å². The molecule has 0 saturated carbocycles. The molecule has 2 amide bonds. The molecule has 0 fully saturated rings. The summed E-state index contributed by atoms with van der Waals surface area (Å²) in [7, 11) is 1.83. The Balaban J connectivity index is 1.08. The number of ether oxygens (including phenoxy) is 1. The number of benzene rings is 3. The Bertz CT molecular complexity index is 2220. The molecule has 10 nitrogen and oxygen atoms in total. The van der Waals surface area contributed by atoms with Crippen molar-refractivity contribution in [3.63, 3.8) is 0 Å². The molecule has 0 aliphatic carbocycles. The number of aryl methyl sites for hydroxylation is 1. The van der Waals surface area contributed by atoms with Crippen molar-refractivity contribution in [3.8, 4) is 28.4 Å². The van der Waals surface area contributed by atoms with E-state index < -0.39 is 11.8 Å². The van der Waals surface area contributed by atoms with Crippen molar-refractivity contribution in [2.75, 3.05) is 17.2 Å².